The van der Waals surface area contributed by atoms with Crippen LogP contribution in [0, 0.1) is 17.6 Å². The van der Waals surface area contributed by atoms with Gasteiger partial charge in [-0.25, -0.2) is 4.98 Å². The Bertz CT molecular complexity index is 600. The van der Waals surface area contributed by atoms with Gasteiger partial charge in [-0.15, -0.1) is 0 Å². The Labute approximate surface area is 118 Å². The van der Waals surface area contributed by atoms with Crippen molar-refractivity contribution in [2.75, 3.05) is 13.2 Å². The van der Waals surface area contributed by atoms with E-state index in [1.54, 1.807) is 0 Å². The Hall–Kier alpha value is -1.20. The molecule has 0 aliphatic carbocycles. The highest BCUT2D eigenvalue weighted by Crippen LogP contribution is 2.12. The van der Waals surface area contributed by atoms with Crippen molar-refractivity contribution in [2.24, 2.45) is 5.92 Å². The second-order valence-corrected chi connectivity index (χ2v) is 5.59. The molecule has 2 heterocycles. The second kappa shape index (κ2) is 6.30. The van der Waals surface area contributed by atoms with Gasteiger partial charge in [0, 0.05) is 12.3 Å². The third kappa shape index (κ3) is 3.64. The molecule has 0 aliphatic heterocycles. The van der Waals surface area contributed by atoms with Crippen LogP contribution >= 0.6 is 12.2 Å². The van der Waals surface area contributed by atoms with Crippen LogP contribution in [0.5, 0.6) is 0 Å². The fraction of sp³-hybridized carbons (Fsp3) is 0.571. The van der Waals surface area contributed by atoms with E-state index in [1.807, 2.05) is 23.6 Å². The van der Waals surface area contributed by atoms with Crippen LogP contribution in [-0.4, -0.2) is 27.7 Å². The molecule has 0 aromatic carbocycles. The van der Waals surface area contributed by atoms with Gasteiger partial charge in [0.05, 0.1) is 18.7 Å². The van der Waals surface area contributed by atoms with Crippen molar-refractivity contribution in [3.05, 3.63) is 22.6 Å². The van der Waals surface area contributed by atoms with Gasteiger partial charge in [-0.1, -0.05) is 13.8 Å². The lowest BCUT2D eigenvalue weighted by Crippen LogP contribution is -2.08. The number of H-pyrrole nitrogens is 1. The fourth-order valence-corrected chi connectivity index (χ4v) is 2.20. The zero-order valence-electron chi connectivity index (χ0n) is 11.8. The van der Waals surface area contributed by atoms with E-state index in [-0.39, 0.29) is 0 Å². The molecule has 0 radical (unpaired) electrons. The summed E-state index contributed by atoms with van der Waals surface area (Å²) in [6.45, 7) is 8.60. The van der Waals surface area contributed by atoms with Crippen LogP contribution in [0.2, 0.25) is 0 Å². The van der Waals surface area contributed by atoms with Gasteiger partial charge >= 0.3 is 0 Å². The monoisotopic (exact) mass is 279 g/mol. The topological polar surface area (TPSA) is 42.8 Å². The minimum Gasteiger partial charge on any atom is -0.380 e. The quantitative estimate of drug-likeness (QED) is 0.650. The van der Waals surface area contributed by atoms with Gasteiger partial charge in [0.15, 0.2) is 10.4 Å². The largest absolute Gasteiger partial charge is 0.380 e. The van der Waals surface area contributed by atoms with Crippen LogP contribution in [-0.2, 0) is 11.3 Å². The Morgan fingerprint density at radius 3 is 2.89 bits per heavy atom. The molecule has 0 fully saturated rings. The average Bonchev–Trinajstić information content (AvgIpc) is 2.65. The molecule has 0 bridgehead atoms. The number of aromatic amines is 1. The molecular formula is C14H21N3OS. The summed E-state index contributed by atoms with van der Waals surface area (Å²) in [7, 11) is 0. The summed E-state index contributed by atoms with van der Waals surface area (Å²) in [5.74, 6) is 0.680. The molecule has 5 heteroatoms. The molecule has 1 N–H and O–H groups in total. The lowest BCUT2D eigenvalue weighted by Gasteiger charge is -2.07. The Kier molecular flexibility index (Phi) is 4.71. The van der Waals surface area contributed by atoms with Crippen molar-refractivity contribution in [2.45, 2.75) is 33.7 Å². The number of pyridine rings is 1. The lowest BCUT2D eigenvalue weighted by atomic mass is 10.1. The van der Waals surface area contributed by atoms with Gasteiger partial charge < -0.3 is 9.72 Å². The van der Waals surface area contributed by atoms with Gasteiger partial charge in [0.2, 0.25) is 0 Å². The maximum atomic E-state index is 5.64. The van der Waals surface area contributed by atoms with E-state index in [9.17, 15) is 0 Å². The van der Waals surface area contributed by atoms with Gasteiger partial charge in [0.1, 0.15) is 0 Å². The van der Waals surface area contributed by atoms with Crippen molar-refractivity contribution in [3.8, 4) is 0 Å². The molecule has 0 unspecified atom stereocenters. The SMILES string of the molecule is Cc1ccc2[nH]c(=S)n(CCOCCC(C)C)c2n1. The van der Waals surface area contributed by atoms with Crippen LogP contribution in [0.1, 0.15) is 26.0 Å². The third-order valence-electron chi connectivity index (χ3n) is 3.06. The first-order valence-electron chi connectivity index (χ1n) is 6.72. The highest BCUT2D eigenvalue weighted by atomic mass is 32.1. The molecule has 2 aromatic heterocycles. The Morgan fingerprint density at radius 2 is 2.16 bits per heavy atom. The van der Waals surface area contributed by atoms with E-state index < -0.39 is 0 Å². The first-order valence-corrected chi connectivity index (χ1v) is 7.12. The highest BCUT2D eigenvalue weighted by Gasteiger charge is 2.05. The van der Waals surface area contributed by atoms with Gasteiger partial charge in [-0.2, -0.15) is 0 Å². The summed E-state index contributed by atoms with van der Waals surface area (Å²) in [5, 5.41) is 0. The number of aryl methyl sites for hydroxylation is 1. The fourth-order valence-electron chi connectivity index (χ4n) is 1.91. The summed E-state index contributed by atoms with van der Waals surface area (Å²) < 4.78 is 8.36. The van der Waals surface area contributed by atoms with Crippen LogP contribution in [0.3, 0.4) is 0 Å². The van der Waals surface area contributed by atoms with Crippen molar-refractivity contribution in [1.82, 2.24) is 14.5 Å². The summed E-state index contributed by atoms with van der Waals surface area (Å²) in [6.07, 6.45) is 1.09. The zero-order valence-corrected chi connectivity index (χ0v) is 12.6. The van der Waals surface area contributed by atoms with E-state index in [0.717, 1.165) is 36.4 Å². The summed E-state index contributed by atoms with van der Waals surface area (Å²) in [5.41, 5.74) is 2.89. The van der Waals surface area contributed by atoms with Crippen molar-refractivity contribution in [1.29, 1.82) is 0 Å². The molecule has 4 nitrogen and oxygen atoms in total. The molecular weight excluding hydrogens is 258 g/mol. The van der Waals surface area contributed by atoms with Gasteiger partial charge in [-0.3, -0.25) is 4.57 Å². The number of rotatable bonds is 6. The van der Waals surface area contributed by atoms with Gasteiger partial charge in [-0.05, 0) is 43.6 Å². The smallest absolute Gasteiger partial charge is 0.179 e. The molecule has 0 atom stereocenters. The van der Waals surface area contributed by atoms with Crippen LogP contribution in [0.25, 0.3) is 11.2 Å². The molecule has 2 rings (SSSR count). The Balaban J connectivity index is 2.02. The van der Waals surface area contributed by atoms with Crippen LogP contribution in [0.15, 0.2) is 12.1 Å². The number of hydrogen-bond acceptors (Lipinski definition) is 3. The molecule has 2 aromatic rings. The van der Waals surface area contributed by atoms with Gasteiger partial charge in [0.25, 0.3) is 0 Å². The minimum absolute atomic E-state index is 0.670. The molecule has 104 valence electrons. The van der Waals surface area contributed by atoms with E-state index >= 15 is 0 Å². The number of nitrogens with one attached hydrogen (secondary N) is 1. The maximum absolute atomic E-state index is 5.64. The Morgan fingerprint density at radius 1 is 1.37 bits per heavy atom. The van der Waals surface area contributed by atoms with Crippen molar-refractivity contribution < 1.29 is 4.74 Å². The van der Waals surface area contributed by atoms with E-state index in [0.29, 0.717) is 17.3 Å². The first kappa shape index (κ1) is 14.2. The second-order valence-electron chi connectivity index (χ2n) is 5.20. The molecule has 0 spiro atoms. The third-order valence-corrected chi connectivity index (χ3v) is 3.38. The molecule has 0 aliphatic rings. The number of ether oxygens (including phenoxy) is 1. The minimum atomic E-state index is 0.670. The maximum Gasteiger partial charge on any atom is 0.179 e. The van der Waals surface area contributed by atoms with E-state index in [2.05, 4.69) is 23.8 Å². The van der Waals surface area contributed by atoms with Crippen LogP contribution < -0.4 is 0 Å². The first-order chi connectivity index (χ1) is 9.08. The van der Waals surface area contributed by atoms with E-state index in [4.69, 9.17) is 17.0 Å². The number of fused-ring (bicyclic) bond motifs is 1. The predicted molar refractivity (Wildman–Crippen MR) is 79.9 cm³/mol. The summed E-state index contributed by atoms with van der Waals surface area (Å²) in [6, 6.07) is 4.00. The van der Waals surface area contributed by atoms with Crippen molar-refractivity contribution in [3.63, 3.8) is 0 Å². The highest BCUT2D eigenvalue weighted by molar-refractivity contribution is 7.71. The zero-order chi connectivity index (χ0) is 13.8. The van der Waals surface area contributed by atoms with Crippen molar-refractivity contribution >= 4 is 23.4 Å². The number of aromatic nitrogens is 3. The molecule has 0 amide bonds. The average molecular weight is 279 g/mol. The molecule has 19 heavy (non-hydrogen) atoms. The lowest BCUT2D eigenvalue weighted by molar-refractivity contribution is 0.116. The summed E-state index contributed by atoms with van der Waals surface area (Å²) in [4.78, 5) is 7.71. The number of imidazole rings is 1. The predicted octanol–water partition coefficient (Wildman–Crippen LogP) is 3.47. The van der Waals surface area contributed by atoms with Crippen LogP contribution in [0.4, 0.5) is 0 Å². The molecule has 0 saturated carbocycles. The normalized spacial score (nSPS) is 11.6. The number of hydrogen-bond donors (Lipinski definition) is 1. The number of nitrogens with zero attached hydrogens (tertiary/aromatic N) is 2. The molecule has 0 saturated heterocycles. The van der Waals surface area contributed by atoms with E-state index in [1.165, 1.54) is 0 Å². The summed E-state index contributed by atoms with van der Waals surface area (Å²) >= 11 is 5.33. The standard InChI is InChI=1S/C14H21N3OS/c1-10(2)6-8-18-9-7-17-13-12(16-14(17)19)5-4-11(3)15-13/h4-5,10H,6-9H2,1-3H3,(H,16,19).